The summed E-state index contributed by atoms with van der Waals surface area (Å²) in [6.45, 7) is 2.63. The van der Waals surface area contributed by atoms with Crippen molar-refractivity contribution in [2.24, 2.45) is 0 Å². The summed E-state index contributed by atoms with van der Waals surface area (Å²) in [6, 6.07) is 0.236. The van der Waals surface area contributed by atoms with Crippen LogP contribution in [0, 0.1) is 0 Å². The molecule has 1 saturated heterocycles. The Hall–Kier alpha value is -0.0900. The molecule has 0 bridgehead atoms. The molecule has 1 unspecified atom stereocenters. The summed E-state index contributed by atoms with van der Waals surface area (Å²) in [5.74, 6) is 0. The van der Waals surface area contributed by atoms with E-state index in [-0.39, 0.29) is 6.04 Å². The van der Waals surface area contributed by atoms with Gasteiger partial charge in [-0.25, -0.2) is 8.42 Å². The Labute approximate surface area is 55.7 Å². The Morgan fingerprint density at radius 3 is 2.11 bits per heavy atom. The summed E-state index contributed by atoms with van der Waals surface area (Å²) in [5.41, 5.74) is 0. The second-order valence-corrected chi connectivity index (χ2v) is 4.45. The van der Waals surface area contributed by atoms with E-state index < -0.39 is 10.0 Å². The summed E-state index contributed by atoms with van der Waals surface area (Å²) in [4.78, 5) is 0. The third kappa shape index (κ3) is 1.24. The summed E-state index contributed by atoms with van der Waals surface area (Å²) < 4.78 is 23.0. The number of nitrogens with zero attached hydrogens (tertiary/aromatic N) is 1. The fraction of sp³-hybridized carbons (Fsp3) is 1.00. The minimum absolute atomic E-state index is 0.236. The lowest BCUT2D eigenvalue weighted by atomic mass is 10.1. The predicted molar refractivity (Wildman–Crippen MR) is 35.6 cm³/mol. The van der Waals surface area contributed by atoms with Crippen molar-refractivity contribution in [3.63, 3.8) is 0 Å². The largest absolute Gasteiger partial charge is 0.212 e. The molecule has 54 valence electrons. The van der Waals surface area contributed by atoms with Gasteiger partial charge in [0, 0.05) is 12.6 Å². The van der Waals surface area contributed by atoms with Crippen LogP contribution in [0.4, 0.5) is 0 Å². The van der Waals surface area contributed by atoms with Crippen LogP contribution in [0.5, 0.6) is 0 Å². The first kappa shape index (κ1) is 7.02. The van der Waals surface area contributed by atoms with Gasteiger partial charge in [0.15, 0.2) is 0 Å². The molecule has 0 amide bonds. The highest BCUT2D eigenvalue weighted by atomic mass is 32.2. The maximum Gasteiger partial charge on any atom is 0.211 e. The van der Waals surface area contributed by atoms with Crippen molar-refractivity contribution in [3.8, 4) is 0 Å². The highest BCUT2D eigenvalue weighted by Gasteiger charge is 2.30. The van der Waals surface area contributed by atoms with Gasteiger partial charge in [-0.15, -0.1) is 0 Å². The minimum atomic E-state index is -2.88. The smallest absolute Gasteiger partial charge is 0.211 e. The lowest BCUT2D eigenvalue weighted by Crippen LogP contribution is -2.48. The third-order valence-electron chi connectivity index (χ3n) is 1.68. The van der Waals surface area contributed by atoms with E-state index in [1.165, 1.54) is 10.6 Å². The average Bonchev–Trinajstić information content (AvgIpc) is 1.57. The second kappa shape index (κ2) is 1.95. The Morgan fingerprint density at radius 1 is 1.56 bits per heavy atom. The van der Waals surface area contributed by atoms with Crippen LogP contribution in [0.15, 0.2) is 0 Å². The molecular formula is C5H11NO2S. The zero-order valence-corrected chi connectivity index (χ0v) is 6.48. The average molecular weight is 149 g/mol. The quantitative estimate of drug-likeness (QED) is 0.528. The lowest BCUT2D eigenvalue weighted by Gasteiger charge is -2.35. The minimum Gasteiger partial charge on any atom is -0.212 e. The normalized spacial score (nSPS) is 29.8. The predicted octanol–water partition coefficient (Wildman–Crippen LogP) is 0.0402. The van der Waals surface area contributed by atoms with Gasteiger partial charge in [-0.05, 0) is 13.3 Å². The van der Waals surface area contributed by atoms with Crippen LogP contribution < -0.4 is 0 Å². The van der Waals surface area contributed by atoms with E-state index in [2.05, 4.69) is 0 Å². The van der Waals surface area contributed by atoms with Crippen LogP contribution >= 0.6 is 0 Å². The molecule has 3 nitrogen and oxygen atoms in total. The Balaban J connectivity index is 2.66. The van der Waals surface area contributed by atoms with E-state index >= 15 is 0 Å². The van der Waals surface area contributed by atoms with Crippen molar-refractivity contribution >= 4 is 10.0 Å². The maximum atomic E-state index is 10.7. The van der Waals surface area contributed by atoms with Crippen LogP contribution in [0.2, 0.25) is 0 Å². The van der Waals surface area contributed by atoms with Gasteiger partial charge in [0.05, 0.1) is 6.26 Å². The van der Waals surface area contributed by atoms with Gasteiger partial charge in [0.25, 0.3) is 0 Å². The third-order valence-corrected chi connectivity index (χ3v) is 3.08. The van der Waals surface area contributed by atoms with Crippen molar-refractivity contribution in [3.05, 3.63) is 0 Å². The lowest BCUT2D eigenvalue weighted by molar-refractivity contribution is 0.219. The number of hydrogen-bond acceptors (Lipinski definition) is 2. The first-order valence-corrected chi connectivity index (χ1v) is 4.83. The molecule has 1 aliphatic rings. The van der Waals surface area contributed by atoms with Gasteiger partial charge in [0.1, 0.15) is 0 Å². The monoisotopic (exact) mass is 149 g/mol. The molecule has 0 aromatic rings. The molecule has 0 aromatic carbocycles. The van der Waals surface area contributed by atoms with Crippen LogP contribution in [0.3, 0.4) is 0 Å². The summed E-state index contributed by atoms with van der Waals surface area (Å²) >= 11 is 0. The van der Waals surface area contributed by atoms with Crippen LogP contribution in [-0.4, -0.2) is 31.6 Å². The number of rotatable bonds is 1. The number of hydrogen-bond donors (Lipinski definition) is 0. The van der Waals surface area contributed by atoms with Crippen molar-refractivity contribution in [1.82, 2.24) is 4.31 Å². The zero-order valence-electron chi connectivity index (χ0n) is 5.66. The van der Waals surface area contributed by atoms with Crippen LogP contribution in [0.1, 0.15) is 13.3 Å². The van der Waals surface area contributed by atoms with Gasteiger partial charge in [-0.2, -0.15) is 4.31 Å². The Morgan fingerprint density at radius 2 is 2.11 bits per heavy atom. The molecule has 0 saturated carbocycles. The van der Waals surface area contributed by atoms with Gasteiger partial charge >= 0.3 is 0 Å². The molecule has 1 aliphatic heterocycles. The van der Waals surface area contributed by atoms with Crippen LogP contribution in [-0.2, 0) is 10.0 Å². The number of sulfonamides is 1. The van der Waals surface area contributed by atoms with E-state index in [0.717, 1.165) is 6.42 Å². The molecule has 1 rings (SSSR count). The van der Waals surface area contributed by atoms with E-state index in [1.807, 2.05) is 6.92 Å². The van der Waals surface area contributed by atoms with Crippen molar-refractivity contribution < 1.29 is 8.42 Å². The molecule has 0 N–H and O–H groups in total. The summed E-state index contributed by atoms with van der Waals surface area (Å²) in [5, 5.41) is 0. The summed E-state index contributed by atoms with van der Waals surface area (Å²) in [6.07, 6.45) is 2.26. The van der Waals surface area contributed by atoms with E-state index in [4.69, 9.17) is 0 Å². The second-order valence-electron chi connectivity index (χ2n) is 2.51. The van der Waals surface area contributed by atoms with E-state index in [0.29, 0.717) is 6.54 Å². The SMILES string of the molecule is CC1CCN1S(C)(=O)=O. The molecule has 9 heavy (non-hydrogen) atoms. The van der Waals surface area contributed by atoms with E-state index in [9.17, 15) is 8.42 Å². The molecule has 0 aromatic heterocycles. The molecule has 0 radical (unpaired) electrons. The highest BCUT2D eigenvalue weighted by Crippen LogP contribution is 2.19. The van der Waals surface area contributed by atoms with E-state index in [1.54, 1.807) is 0 Å². The molecular weight excluding hydrogens is 138 g/mol. The summed E-state index contributed by atoms with van der Waals surface area (Å²) in [7, 11) is -2.88. The highest BCUT2D eigenvalue weighted by molar-refractivity contribution is 7.88. The Kier molecular flexibility index (Phi) is 1.52. The molecule has 4 heteroatoms. The van der Waals surface area contributed by atoms with Gasteiger partial charge < -0.3 is 0 Å². The fourth-order valence-electron chi connectivity index (χ4n) is 0.985. The molecule has 1 atom stereocenters. The molecule has 0 spiro atoms. The van der Waals surface area contributed by atoms with Gasteiger partial charge in [-0.1, -0.05) is 0 Å². The molecule has 0 aliphatic carbocycles. The zero-order chi connectivity index (χ0) is 7.07. The van der Waals surface area contributed by atoms with Crippen LogP contribution in [0.25, 0.3) is 0 Å². The topological polar surface area (TPSA) is 37.4 Å². The Bertz CT molecular complexity index is 197. The fourth-order valence-corrected chi connectivity index (χ4v) is 2.18. The van der Waals surface area contributed by atoms with Gasteiger partial charge in [-0.3, -0.25) is 0 Å². The van der Waals surface area contributed by atoms with Crippen molar-refractivity contribution in [1.29, 1.82) is 0 Å². The maximum absolute atomic E-state index is 10.7. The standard InChI is InChI=1S/C5H11NO2S/c1-5-3-4-6(5)9(2,7)8/h5H,3-4H2,1-2H3. The van der Waals surface area contributed by atoms with Gasteiger partial charge in [0.2, 0.25) is 10.0 Å². The van der Waals surface area contributed by atoms with Crippen molar-refractivity contribution in [2.45, 2.75) is 19.4 Å². The first-order valence-electron chi connectivity index (χ1n) is 2.98. The first-order chi connectivity index (χ1) is 4.02. The molecule has 1 fully saturated rings. The van der Waals surface area contributed by atoms with Crippen molar-refractivity contribution in [2.75, 3.05) is 12.8 Å². The molecule has 1 heterocycles.